The largest absolute Gasteiger partial charge is 0.481 e. The van der Waals surface area contributed by atoms with Crippen molar-refractivity contribution < 1.29 is 9.53 Å². The lowest BCUT2D eigenvalue weighted by Gasteiger charge is -2.36. The van der Waals surface area contributed by atoms with Crippen LogP contribution in [0.3, 0.4) is 0 Å². The topological polar surface area (TPSA) is 58.6 Å². The molecule has 1 aliphatic carbocycles. The Hall–Kier alpha value is -2.63. The summed E-state index contributed by atoms with van der Waals surface area (Å²) in [5.74, 6) is 1.71. The van der Waals surface area contributed by atoms with Gasteiger partial charge in [0.25, 0.3) is 5.91 Å². The predicted molar refractivity (Wildman–Crippen MR) is 104 cm³/mol. The molecule has 2 aliphatic rings. The highest BCUT2D eigenvalue weighted by Gasteiger charge is 2.27. The van der Waals surface area contributed by atoms with E-state index in [0.29, 0.717) is 13.1 Å². The minimum absolute atomic E-state index is 0.0381. The molecule has 1 saturated heterocycles. The molecule has 0 saturated carbocycles. The van der Waals surface area contributed by atoms with E-state index in [0.717, 1.165) is 48.8 Å². The van der Waals surface area contributed by atoms with Crippen LogP contribution in [-0.4, -0.2) is 53.3 Å². The van der Waals surface area contributed by atoms with Crippen molar-refractivity contribution in [1.82, 2.24) is 15.1 Å². The van der Waals surface area contributed by atoms with Crippen molar-refractivity contribution in [3.05, 3.63) is 47.2 Å². The SMILES string of the molecule is Cc1cccc(OC(C)C(=O)N2CCN(c3cc4c(nn3)CCC4)CC2)c1. The van der Waals surface area contributed by atoms with Crippen molar-refractivity contribution in [2.75, 3.05) is 31.1 Å². The fraction of sp³-hybridized carbons (Fsp3) is 0.476. The van der Waals surface area contributed by atoms with Gasteiger partial charge in [-0.2, -0.15) is 5.10 Å². The van der Waals surface area contributed by atoms with E-state index in [1.54, 1.807) is 0 Å². The Kier molecular flexibility index (Phi) is 4.97. The van der Waals surface area contributed by atoms with Crippen LogP contribution in [0.4, 0.5) is 5.82 Å². The third-order valence-corrected chi connectivity index (χ3v) is 5.37. The summed E-state index contributed by atoms with van der Waals surface area (Å²) in [7, 11) is 0. The molecular weight excluding hydrogens is 340 g/mol. The normalized spacial score (nSPS) is 17.6. The van der Waals surface area contributed by atoms with Crippen molar-refractivity contribution in [3.63, 3.8) is 0 Å². The van der Waals surface area contributed by atoms with E-state index in [4.69, 9.17) is 4.74 Å². The zero-order valence-corrected chi connectivity index (χ0v) is 16.0. The molecule has 0 bridgehead atoms. The summed E-state index contributed by atoms with van der Waals surface area (Å²) in [5, 5.41) is 8.77. The van der Waals surface area contributed by atoms with E-state index in [1.807, 2.05) is 43.0 Å². The van der Waals surface area contributed by atoms with Gasteiger partial charge in [0, 0.05) is 26.2 Å². The smallest absolute Gasteiger partial charge is 0.263 e. The first kappa shape index (κ1) is 17.8. The molecule has 0 N–H and O–H groups in total. The van der Waals surface area contributed by atoms with E-state index in [9.17, 15) is 4.79 Å². The van der Waals surface area contributed by atoms with E-state index < -0.39 is 6.10 Å². The standard InChI is InChI=1S/C21H26N4O2/c1-15-5-3-7-18(13-15)27-16(2)21(26)25-11-9-24(10-12-25)20-14-17-6-4-8-19(17)22-23-20/h3,5,7,13-14,16H,4,6,8-12H2,1-2H3. The first-order valence-electron chi connectivity index (χ1n) is 9.73. The number of rotatable bonds is 4. The zero-order valence-electron chi connectivity index (χ0n) is 16.0. The first-order valence-corrected chi connectivity index (χ1v) is 9.73. The van der Waals surface area contributed by atoms with Crippen molar-refractivity contribution in [3.8, 4) is 5.75 Å². The highest BCUT2D eigenvalue weighted by molar-refractivity contribution is 5.81. The molecule has 2 heterocycles. The Morgan fingerprint density at radius 3 is 2.70 bits per heavy atom. The van der Waals surface area contributed by atoms with Crippen LogP contribution in [0.5, 0.6) is 5.75 Å². The number of aromatic nitrogens is 2. The number of piperazine rings is 1. The fourth-order valence-electron chi connectivity index (χ4n) is 3.83. The van der Waals surface area contributed by atoms with Crippen molar-refractivity contribution in [1.29, 1.82) is 0 Å². The molecule has 1 unspecified atom stereocenters. The third-order valence-electron chi connectivity index (χ3n) is 5.37. The number of nitrogens with zero attached hydrogens (tertiary/aromatic N) is 4. The number of hydrogen-bond donors (Lipinski definition) is 0. The van der Waals surface area contributed by atoms with E-state index in [2.05, 4.69) is 21.2 Å². The van der Waals surface area contributed by atoms with Crippen LogP contribution in [0, 0.1) is 6.92 Å². The summed E-state index contributed by atoms with van der Waals surface area (Å²) < 4.78 is 5.84. The Morgan fingerprint density at radius 1 is 1.11 bits per heavy atom. The molecule has 6 heteroatoms. The maximum absolute atomic E-state index is 12.7. The van der Waals surface area contributed by atoms with Gasteiger partial charge >= 0.3 is 0 Å². The van der Waals surface area contributed by atoms with Crippen LogP contribution in [-0.2, 0) is 17.6 Å². The number of carbonyl (C=O) groups is 1. The van der Waals surface area contributed by atoms with Gasteiger partial charge in [0.2, 0.25) is 0 Å². The van der Waals surface area contributed by atoms with Gasteiger partial charge in [0.1, 0.15) is 5.75 Å². The van der Waals surface area contributed by atoms with Gasteiger partial charge in [-0.15, -0.1) is 5.10 Å². The van der Waals surface area contributed by atoms with Crippen LogP contribution in [0.1, 0.15) is 30.2 Å². The lowest BCUT2D eigenvalue weighted by molar-refractivity contribution is -0.138. The van der Waals surface area contributed by atoms with Gasteiger partial charge < -0.3 is 14.5 Å². The van der Waals surface area contributed by atoms with Crippen molar-refractivity contribution in [2.45, 2.75) is 39.2 Å². The van der Waals surface area contributed by atoms with Gasteiger partial charge in [0.05, 0.1) is 5.69 Å². The first-order chi connectivity index (χ1) is 13.1. The molecule has 0 spiro atoms. The summed E-state index contributed by atoms with van der Waals surface area (Å²) in [6.07, 6.45) is 2.83. The number of ether oxygens (including phenoxy) is 1. The number of aryl methyl sites for hydroxylation is 3. The minimum atomic E-state index is -0.488. The minimum Gasteiger partial charge on any atom is -0.481 e. The lowest BCUT2D eigenvalue weighted by Crippen LogP contribution is -2.52. The number of benzene rings is 1. The molecule has 4 rings (SSSR count). The molecule has 6 nitrogen and oxygen atoms in total. The molecule has 1 atom stereocenters. The Morgan fingerprint density at radius 2 is 1.93 bits per heavy atom. The maximum atomic E-state index is 12.7. The second-order valence-electron chi connectivity index (χ2n) is 7.42. The molecular formula is C21H26N4O2. The summed E-state index contributed by atoms with van der Waals surface area (Å²) in [5.41, 5.74) is 3.60. The molecule has 0 radical (unpaired) electrons. The molecule has 142 valence electrons. The molecule has 1 amide bonds. The highest BCUT2D eigenvalue weighted by atomic mass is 16.5. The zero-order chi connectivity index (χ0) is 18.8. The van der Waals surface area contributed by atoms with Crippen LogP contribution in [0.2, 0.25) is 0 Å². The molecule has 1 aromatic carbocycles. The number of anilines is 1. The predicted octanol–water partition coefficient (Wildman–Crippen LogP) is 2.39. The molecule has 1 aliphatic heterocycles. The maximum Gasteiger partial charge on any atom is 0.263 e. The molecule has 1 fully saturated rings. The molecule has 1 aromatic heterocycles. The van der Waals surface area contributed by atoms with Crippen LogP contribution in [0.15, 0.2) is 30.3 Å². The van der Waals surface area contributed by atoms with E-state index in [-0.39, 0.29) is 5.91 Å². The van der Waals surface area contributed by atoms with Gasteiger partial charge in [-0.05, 0) is 62.4 Å². The molecule has 2 aromatic rings. The second-order valence-corrected chi connectivity index (χ2v) is 7.42. The summed E-state index contributed by atoms with van der Waals surface area (Å²) in [6, 6.07) is 9.98. The lowest BCUT2D eigenvalue weighted by atomic mass is 10.2. The fourth-order valence-corrected chi connectivity index (χ4v) is 3.83. The molecule has 27 heavy (non-hydrogen) atoms. The quantitative estimate of drug-likeness (QED) is 0.832. The highest BCUT2D eigenvalue weighted by Crippen LogP contribution is 2.23. The Balaban J connectivity index is 1.33. The summed E-state index contributed by atoms with van der Waals surface area (Å²) in [4.78, 5) is 16.8. The third kappa shape index (κ3) is 3.89. The van der Waals surface area contributed by atoms with Crippen LogP contribution in [0.25, 0.3) is 0 Å². The van der Waals surface area contributed by atoms with E-state index >= 15 is 0 Å². The Bertz CT molecular complexity index is 831. The second kappa shape index (κ2) is 7.55. The monoisotopic (exact) mass is 366 g/mol. The van der Waals surface area contributed by atoms with Gasteiger partial charge in [0.15, 0.2) is 11.9 Å². The number of hydrogen-bond acceptors (Lipinski definition) is 5. The van der Waals surface area contributed by atoms with Crippen LogP contribution >= 0.6 is 0 Å². The van der Waals surface area contributed by atoms with Gasteiger partial charge in [-0.25, -0.2) is 0 Å². The van der Waals surface area contributed by atoms with E-state index in [1.165, 1.54) is 12.0 Å². The van der Waals surface area contributed by atoms with Gasteiger partial charge in [-0.3, -0.25) is 4.79 Å². The summed E-state index contributed by atoms with van der Waals surface area (Å²) >= 11 is 0. The van der Waals surface area contributed by atoms with Gasteiger partial charge in [-0.1, -0.05) is 12.1 Å². The summed E-state index contributed by atoms with van der Waals surface area (Å²) in [6.45, 7) is 6.74. The Labute approximate surface area is 160 Å². The van der Waals surface area contributed by atoms with Crippen molar-refractivity contribution in [2.24, 2.45) is 0 Å². The average Bonchev–Trinajstić information content (AvgIpc) is 3.15. The number of amides is 1. The average molecular weight is 366 g/mol. The van der Waals surface area contributed by atoms with Crippen molar-refractivity contribution >= 4 is 11.7 Å². The number of fused-ring (bicyclic) bond motifs is 1. The van der Waals surface area contributed by atoms with Crippen LogP contribution < -0.4 is 9.64 Å². The number of carbonyl (C=O) groups excluding carboxylic acids is 1.